The van der Waals surface area contributed by atoms with Gasteiger partial charge in [0.05, 0.1) is 0 Å². The topological polar surface area (TPSA) is 3.24 Å². The molecule has 1 heterocycles. The van der Waals surface area contributed by atoms with Crippen LogP contribution in [-0.4, -0.2) is 17.5 Å². The second-order valence-corrected chi connectivity index (χ2v) is 4.07. The van der Waals surface area contributed by atoms with E-state index in [9.17, 15) is 0 Å². The van der Waals surface area contributed by atoms with E-state index in [-0.39, 0.29) is 0 Å². The molecular weight excluding hydrogens is 170 g/mol. The highest BCUT2D eigenvalue weighted by atomic mass is 15.2. The normalized spacial score (nSPS) is 26.5. The number of likely N-dealkylation sites (tertiary alicyclic amines) is 1. The van der Waals surface area contributed by atoms with Gasteiger partial charge in [0.2, 0.25) is 0 Å². The Kier molecular flexibility index (Phi) is 2.58. The third-order valence-corrected chi connectivity index (χ3v) is 3.13. The van der Waals surface area contributed by atoms with Crippen LogP contribution in [0.15, 0.2) is 43.1 Å². The summed E-state index contributed by atoms with van der Waals surface area (Å²) in [5, 5.41) is 0. The molecule has 1 nitrogen and oxygen atoms in total. The maximum absolute atomic E-state index is 3.85. The van der Waals surface area contributed by atoms with E-state index in [4.69, 9.17) is 0 Å². The van der Waals surface area contributed by atoms with Crippen LogP contribution in [-0.2, 0) is 0 Å². The van der Waals surface area contributed by atoms with E-state index < -0.39 is 0 Å². The van der Waals surface area contributed by atoms with Crippen molar-refractivity contribution in [3.63, 3.8) is 0 Å². The first-order valence-corrected chi connectivity index (χ1v) is 5.24. The minimum absolute atomic E-state index is 0.637. The SMILES string of the molecule is C=CN1CC(c2ccccc2)CC1C. The van der Waals surface area contributed by atoms with Crippen molar-refractivity contribution in [2.24, 2.45) is 0 Å². The van der Waals surface area contributed by atoms with Gasteiger partial charge in [-0.05, 0) is 25.1 Å². The molecule has 1 aliphatic heterocycles. The first-order chi connectivity index (χ1) is 6.81. The summed E-state index contributed by atoms with van der Waals surface area (Å²) in [5.41, 5.74) is 1.46. The predicted octanol–water partition coefficient (Wildman–Crippen LogP) is 3.01. The molecule has 2 rings (SSSR count). The van der Waals surface area contributed by atoms with Crippen LogP contribution in [0.5, 0.6) is 0 Å². The van der Waals surface area contributed by atoms with Crippen molar-refractivity contribution in [1.82, 2.24) is 4.90 Å². The Labute approximate surface area is 86.1 Å². The molecule has 0 amide bonds. The van der Waals surface area contributed by atoms with Gasteiger partial charge in [0.25, 0.3) is 0 Å². The number of nitrogens with zero attached hydrogens (tertiary/aromatic N) is 1. The molecule has 14 heavy (non-hydrogen) atoms. The van der Waals surface area contributed by atoms with Gasteiger partial charge in [0, 0.05) is 18.5 Å². The van der Waals surface area contributed by atoms with E-state index in [1.807, 2.05) is 6.20 Å². The van der Waals surface area contributed by atoms with Gasteiger partial charge in [0.15, 0.2) is 0 Å². The van der Waals surface area contributed by atoms with Gasteiger partial charge in [-0.25, -0.2) is 0 Å². The van der Waals surface area contributed by atoms with Gasteiger partial charge in [-0.15, -0.1) is 0 Å². The molecule has 74 valence electrons. The molecule has 1 saturated heterocycles. The smallest absolute Gasteiger partial charge is 0.0262 e. The molecule has 1 heteroatoms. The molecule has 0 spiro atoms. The molecule has 1 aromatic carbocycles. The summed E-state index contributed by atoms with van der Waals surface area (Å²) in [5.74, 6) is 0.684. The van der Waals surface area contributed by atoms with Crippen LogP contribution in [0.25, 0.3) is 0 Å². The molecule has 1 aromatic rings. The maximum Gasteiger partial charge on any atom is 0.0262 e. The fourth-order valence-corrected chi connectivity index (χ4v) is 2.28. The Morgan fingerprint density at radius 3 is 2.64 bits per heavy atom. The number of hydrogen-bond donors (Lipinski definition) is 0. The van der Waals surface area contributed by atoms with E-state index in [0.29, 0.717) is 12.0 Å². The van der Waals surface area contributed by atoms with Crippen LogP contribution in [0.1, 0.15) is 24.8 Å². The quantitative estimate of drug-likeness (QED) is 0.688. The highest BCUT2D eigenvalue weighted by molar-refractivity contribution is 5.21. The lowest BCUT2D eigenvalue weighted by Crippen LogP contribution is -2.19. The van der Waals surface area contributed by atoms with Crippen LogP contribution in [0, 0.1) is 0 Å². The Balaban J connectivity index is 2.12. The van der Waals surface area contributed by atoms with Gasteiger partial charge in [-0.2, -0.15) is 0 Å². The zero-order valence-electron chi connectivity index (χ0n) is 8.69. The van der Waals surface area contributed by atoms with E-state index in [1.165, 1.54) is 12.0 Å². The van der Waals surface area contributed by atoms with Crippen LogP contribution >= 0.6 is 0 Å². The summed E-state index contributed by atoms with van der Waals surface area (Å²) in [6.07, 6.45) is 3.21. The fourth-order valence-electron chi connectivity index (χ4n) is 2.28. The van der Waals surface area contributed by atoms with Crippen molar-refractivity contribution in [3.8, 4) is 0 Å². The van der Waals surface area contributed by atoms with E-state index in [1.54, 1.807) is 0 Å². The standard InChI is InChI=1S/C13H17N/c1-3-14-10-13(9-11(14)2)12-7-5-4-6-8-12/h3-8,11,13H,1,9-10H2,2H3. The lowest BCUT2D eigenvalue weighted by molar-refractivity contribution is 0.372. The van der Waals surface area contributed by atoms with E-state index in [2.05, 4.69) is 48.7 Å². The summed E-state index contributed by atoms with van der Waals surface area (Å²) in [6.45, 7) is 7.24. The molecule has 0 radical (unpaired) electrons. The Bertz CT molecular complexity index is 304. The third kappa shape index (κ3) is 1.67. The van der Waals surface area contributed by atoms with Crippen LogP contribution in [0.4, 0.5) is 0 Å². The van der Waals surface area contributed by atoms with Crippen LogP contribution in [0.3, 0.4) is 0 Å². The van der Waals surface area contributed by atoms with Crippen molar-refractivity contribution in [2.75, 3.05) is 6.54 Å². The summed E-state index contributed by atoms with van der Waals surface area (Å²) >= 11 is 0. The minimum Gasteiger partial charge on any atom is -0.375 e. The van der Waals surface area contributed by atoms with Gasteiger partial charge < -0.3 is 4.90 Å². The molecule has 0 saturated carbocycles. The van der Waals surface area contributed by atoms with Crippen molar-refractivity contribution < 1.29 is 0 Å². The zero-order valence-corrected chi connectivity index (χ0v) is 8.69. The number of hydrogen-bond acceptors (Lipinski definition) is 1. The maximum atomic E-state index is 3.85. The van der Waals surface area contributed by atoms with Gasteiger partial charge in [-0.3, -0.25) is 0 Å². The summed E-state index contributed by atoms with van der Waals surface area (Å²) in [4.78, 5) is 2.33. The second-order valence-electron chi connectivity index (χ2n) is 4.07. The predicted molar refractivity (Wildman–Crippen MR) is 60.2 cm³/mol. The lowest BCUT2D eigenvalue weighted by Gasteiger charge is -2.17. The Morgan fingerprint density at radius 1 is 1.36 bits per heavy atom. The molecule has 1 aliphatic rings. The minimum atomic E-state index is 0.637. The average molecular weight is 187 g/mol. The highest BCUT2D eigenvalue weighted by Crippen LogP contribution is 2.31. The van der Waals surface area contributed by atoms with Crippen molar-refractivity contribution in [3.05, 3.63) is 48.7 Å². The largest absolute Gasteiger partial charge is 0.375 e. The molecule has 2 atom stereocenters. The number of benzene rings is 1. The van der Waals surface area contributed by atoms with Crippen LogP contribution in [0.2, 0.25) is 0 Å². The summed E-state index contributed by atoms with van der Waals surface area (Å²) in [6, 6.07) is 11.4. The lowest BCUT2D eigenvalue weighted by atomic mass is 9.97. The van der Waals surface area contributed by atoms with Crippen molar-refractivity contribution >= 4 is 0 Å². The van der Waals surface area contributed by atoms with E-state index >= 15 is 0 Å². The average Bonchev–Trinajstić information content (AvgIpc) is 2.61. The summed E-state index contributed by atoms with van der Waals surface area (Å²) in [7, 11) is 0. The molecule has 0 aliphatic carbocycles. The van der Waals surface area contributed by atoms with Crippen molar-refractivity contribution in [1.29, 1.82) is 0 Å². The molecular formula is C13H17N. The van der Waals surface area contributed by atoms with Gasteiger partial charge >= 0.3 is 0 Å². The van der Waals surface area contributed by atoms with Gasteiger partial charge in [-0.1, -0.05) is 36.9 Å². The molecule has 2 unspecified atom stereocenters. The second kappa shape index (κ2) is 3.87. The first-order valence-electron chi connectivity index (χ1n) is 5.24. The van der Waals surface area contributed by atoms with Crippen molar-refractivity contribution in [2.45, 2.75) is 25.3 Å². The molecule has 0 N–H and O–H groups in total. The highest BCUT2D eigenvalue weighted by Gasteiger charge is 2.27. The van der Waals surface area contributed by atoms with Gasteiger partial charge in [0.1, 0.15) is 0 Å². The monoisotopic (exact) mass is 187 g/mol. The molecule has 0 bridgehead atoms. The Hall–Kier alpha value is -1.24. The third-order valence-electron chi connectivity index (χ3n) is 3.13. The van der Waals surface area contributed by atoms with E-state index in [0.717, 1.165) is 6.54 Å². The van der Waals surface area contributed by atoms with Crippen LogP contribution < -0.4 is 0 Å². The first kappa shape index (κ1) is 9.32. The number of rotatable bonds is 2. The Morgan fingerprint density at radius 2 is 2.07 bits per heavy atom. The fraction of sp³-hybridized carbons (Fsp3) is 0.385. The zero-order chi connectivity index (χ0) is 9.97. The molecule has 1 fully saturated rings. The molecule has 0 aromatic heterocycles. The summed E-state index contributed by atoms with van der Waals surface area (Å²) < 4.78 is 0.